The minimum Gasteiger partial charge on any atom is -0.491 e. The molecule has 0 saturated heterocycles. The summed E-state index contributed by atoms with van der Waals surface area (Å²) in [5.41, 5.74) is 0.945. The Bertz CT molecular complexity index is 1050. The molecule has 0 fully saturated rings. The van der Waals surface area contributed by atoms with Crippen LogP contribution in [0.4, 0.5) is 10.5 Å². The minimum atomic E-state index is -3.78. The molecule has 1 amide bonds. The molecule has 0 aliphatic heterocycles. The summed E-state index contributed by atoms with van der Waals surface area (Å²) in [6.07, 6.45) is 0.946. The van der Waals surface area contributed by atoms with Crippen LogP contribution in [0.1, 0.15) is 39.2 Å². The van der Waals surface area contributed by atoms with Crippen LogP contribution < -0.4 is 14.4 Å². The number of hydrogen-bond donors (Lipinski definition) is 1. The molecule has 2 aromatic carbocycles. The molecule has 9 heteroatoms. The Kier molecular flexibility index (Phi) is 10.4. The second kappa shape index (κ2) is 12.8. The Labute approximate surface area is 210 Å². The molecule has 0 atom stereocenters. The van der Waals surface area contributed by atoms with Gasteiger partial charge in [-0.1, -0.05) is 24.3 Å². The van der Waals surface area contributed by atoms with E-state index >= 15 is 0 Å². The zero-order chi connectivity index (χ0) is 26.1. The van der Waals surface area contributed by atoms with Crippen molar-refractivity contribution in [2.24, 2.45) is 0 Å². The van der Waals surface area contributed by atoms with Gasteiger partial charge in [-0.15, -0.1) is 0 Å². The highest BCUT2D eigenvalue weighted by molar-refractivity contribution is 7.92. The molecule has 194 valence electrons. The third-order valence-corrected chi connectivity index (χ3v) is 6.79. The van der Waals surface area contributed by atoms with Gasteiger partial charge in [-0.05, 0) is 84.5 Å². The second-order valence-corrected chi connectivity index (χ2v) is 11.5. The topological polar surface area (TPSA) is 88.2 Å². The maximum Gasteiger partial charge on any atom is 0.407 e. The number of nitrogens with zero attached hydrogens (tertiary/aromatic N) is 2. The Balaban J connectivity index is 2.12. The summed E-state index contributed by atoms with van der Waals surface area (Å²) in [4.78, 5) is 13.9. The van der Waals surface area contributed by atoms with E-state index in [-0.39, 0.29) is 11.4 Å². The van der Waals surface area contributed by atoms with E-state index in [1.165, 1.54) is 4.31 Å². The summed E-state index contributed by atoms with van der Waals surface area (Å²) in [7, 11) is 0.0322. The highest BCUT2D eigenvalue weighted by Gasteiger charge is 2.27. The number of hydrogen-bond acceptors (Lipinski definition) is 6. The van der Waals surface area contributed by atoms with E-state index in [4.69, 9.17) is 9.47 Å². The second-order valence-electron chi connectivity index (χ2n) is 9.65. The Morgan fingerprint density at radius 2 is 1.69 bits per heavy atom. The van der Waals surface area contributed by atoms with Crippen molar-refractivity contribution in [2.75, 3.05) is 44.6 Å². The van der Waals surface area contributed by atoms with Gasteiger partial charge >= 0.3 is 6.09 Å². The molecular weight excluding hydrogens is 466 g/mol. The molecule has 35 heavy (non-hydrogen) atoms. The van der Waals surface area contributed by atoms with Gasteiger partial charge in [0, 0.05) is 19.6 Å². The first-order valence-electron chi connectivity index (χ1n) is 11.8. The normalized spacial score (nSPS) is 11.9. The molecular formula is C26H39N3O5S. The molecule has 0 heterocycles. The fraction of sp³-hybridized carbons (Fsp3) is 0.500. The van der Waals surface area contributed by atoms with E-state index in [1.54, 1.807) is 36.4 Å². The van der Waals surface area contributed by atoms with Crippen molar-refractivity contribution in [1.29, 1.82) is 0 Å². The van der Waals surface area contributed by atoms with Crippen molar-refractivity contribution in [2.45, 2.75) is 51.0 Å². The number of benzene rings is 2. The van der Waals surface area contributed by atoms with Crippen molar-refractivity contribution in [1.82, 2.24) is 10.2 Å². The van der Waals surface area contributed by atoms with Crippen LogP contribution >= 0.6 is 0 Å². The number of anilines is 1. The van der Waals surface area contributed by atoms with Gasteiger partial charge in [-0.25, -0.2) is 13.2 Å². The molecule has 1 N–H and O–H groups in total. The van der Waals surface area contributed by atoms with E-state index < -0.39 is 21.7 Å². The van der Waals surface area contributed by atoms with Crippen LogP contribution in [0.2, 0.25) is 0 Å². The first-order chi connectivity index (χ1) is 16.4. The standard InChI is InChI=1S/C26H39N3O5S/c1-21-14-15-23(24(20-21)33-19-11-10-16-27-25(30)34-26(2,3)4)29(18-17-28(5)6)35(31,32)22-12-8-7-9-13-22/h7-9,12-15,20H,10-11,16-19H2,1-6H3,(H,27,30). The zero-order valence-corrected chi connectivity index (χ0v) is 22.5. The molecule has 0 aliphatic rings. The molecule has 0 aliphatic carbocycles. The maximum atomic E-state index is 13.6. The van der Waals surface area contributed by atoms with Crippen LogP contribution in [0, 0.1) is 6.92 Å². The molecule has 8 nitrogen and oxygen atoms in total. The monoisotopic (exact) mass is 505 g/mol. The van der Waals surface area contributed by atoms with Crippen molar-refractivity contribution in [3.63, 3.8) is 0 Å². The molecule has 0 unspecified atom stereocenters. The van der Waals surface area contributed by atoms with Crippen LogP contribution in [-0.2, 0) is 14.8 Å². The van der Waals surface area contributed by atoms with Gasteiger partial charge in [0.1, 0.15) is 11.4 Å². The number of nitrogens with one attached hydrogen (secondary N) is 1. The van der Waals surface area contributed by atoms with Crippen molar-refractivity contribution < 1.29 is 22.7 Å². The van der Waals surface area contributed by atoms with Crippen LogP contribution in [-0.4, -0.2) is 65.3 Å². The van der Waals surface area contributed by atoms with Gasteiger partial charge in [0.05, 0.1) is 17.2 Å². The summed E-state index contributed by atoms with van der Waals surface area (Å²) in [5, 5.41) is 2.73. The first kappa shape index (κ1) is 28.5. The number of carbonyl (C=O) groups excluding carboxylic acids is 1. The number of carbonyl (C=O) groups is 1. The van der Waals surface area contributed by atoms with Crippen molar-refractivity contribution in [3.05, 3.63) is 54.1 Å². The highest BCUT2D eigenvalue weighted by Crippen LogP contribution is 2.33. The number of rotatable bonds is 12. The number of amides is 1. The van der Waals surface area contributed by atoms with Gasteiger partial charge in [0.2, 0.25) is 0 Å². The van der Waals surface area contributed by atoms with Crippen molar-refractivity contribution in [3.8, 4) is 5.75 Å². The maximum absolute atomic E-state index is 13.6. The molecule has 2 aromatic rings. The van der Waals surface area contributed by atoms with E-state index in [0.29, 0.717) is 44.0 Å². The van der Waals surface area contributed by atoms with Crippen molar-refractivity contribution >= 4 is 21.8 Å². The average molecular weight is 506 g/mol. The quantitative estimate of drug-likeness (QED) is 0.429. The van der Waals surface area contributed by atoms with Crippen LogP contribution in [0.15, 0.2) is 53.4 Å². The molecule has 0 spiro atoms. The Morgan fingerprint density at radius 3 is 2.31 bits per heavy atom. The number of aryl methyl sites for hydroxylation is 1. The zero-order valence-electron chi connectivity index (χ0n) is 21.7. The van der Waals surface area contributed by atoms with Gasteiger partial charge < -0.3 is 19.7 Å². The summed E-state index contributed by atoms with van der Waals surface area (Å²) < 4.78 is 39.8. The summed E-state index contributed by atoms with van der Waals surface area (Å²) in [6.45, 7) is 9.09. The largest absolute Gasteiger partial charge is 0.491 e. The van der Waals surface area contributed by atoms with Crippen LogP contribution in [0.3, 0.4) is 0 Å². The third-order valence-electron chi connectivity index (χ3n) is 4.96. The number of ether oxygens (including phenoxy) is 2. The molecule has 0 bridgehead atoms. The molecule has 0 saturated carbocycles. The van der Waals surface area contributed by atoms with E-state index in [0.717, 1.165) is 5.56 Å². The molecule has 2 rings (SSSR count). The Hall–Kier alpha value is -2.78. The van der Waals surface area contributed by atoms with Crippen LogP contribution in [0.5, 0.6) is 5.75 Å². The first-order valence-corrected chi connectivity index (χ1v) is 13.3. The third kappa shape index (κ3) is 9.41. The SMILES string of the molecule is Cc1ccc(N(CCN(C)C)S(=O)(=O)c2ccccc2)c(OCCCCNC(=O)OC(C)(C)C)c1. The summed E-state index contributed by atoms with van der Waals surface area (Å²) in [6, 6.07) is 14.0. The van der Waals surface area contributed by atoms with Gasteiger partial charge in [0.15, 0.2) is 0 Å². The predicted octanol–water partition coefficient (Wildman–Crippen LogP) is 4.44. The lowest BCUT2D eigenvalue weighted by atomic mass is 10.2. The molecule has 0 aromatic heterocycles. The summed E-state index contributed by atoms with van der Waals surface area (Å²) in [5.74, 6) is 0.517. The average Bonchev–Trinajstić information content (AvgIpc) is 2.76. The fourth-order valence-corrected chi connectivity index (χ4v) is 4.72. The molecule has 0 radical (unpaired) electrons. The van der Waals surface area contributed by atoms with Gasteiger partial charge in [-0.3, -0.25) is 4.31 Å². The smallest absolute Gasteiger partial charge is 0.407 e. The Morgan fingerprint density at radius 1 is 1.00 bits per heavy atom. The van der Waals surface area contributed by atoms with Crippen LogP contribution in [0.25, 0.3) is 0 Å². The fourth-order valence-electron chi connectivity index (χ4n) is 3.24. The highest BCUT2D eigenvalue weighted by atomic mass is 32.2. The van der Waals surface area contributed by atoms with E-state index in [2.05, 4.69) is 5.32 Å². The summed E-state index contributed by atoms with van der Waals surface area (Å²) >= 11 is 0. The lowest BCUT2D eigenvalue weighted by Crippen LogP contribution is -2.37. The van der Waals surface area contributed by atoms with Gasteiger partial charge in [-0.2, -0.15) is 0 Å². The number of sulfonamides is 1. The lowest BCUT2D eigenvalue weighted by molar-refractivity contribution is 0.0526. The van der Waals surface area contributed by atoms with E-state index in [1.807, 2.05) is 58.8 Å². The number of alkyl carbamates (subject to hydrolysis) is 1. The van der Waals surface area contributed by atoms with E-state index in [9.17, 15) is 13.2 Å². The lowest BCUT2D eigenvalue weighted by Gasteiger charge is -2.28. The number of likely N-dealkylation sites (N-methyl/N-ethyl adjacent to an activating group) is 1. The van der Waals surface area contributed by atoms with Gasteiger partial charge in [0.25, 0.3) is 10.0 Å². The predicted molar refractivity (Wildman–Crippen MR) is 140 cm³/mol. The minimum absolute atomic E-state index is 0.235. The number of unbranched alkanes of at least 4 members (excludes halogenated alkanes) is 1.